The molecule has 0 aliphatic carbocycles. The maximum atomic E-state index is 12.3. The van der Waals surface area contributed by atoms with Crippen LogP contribution in [0.15, 0.2) is 48.5 Å². The molecule has 0 aliphatic rings. The maximum Gasteiger partial charge on any atom is 0.338 e. The van der Waals surface area contributed by atoms with Crippen molar-refractivity contribution in [2.45, 2.75) is 19.4 Å². The molecule has 1 atom stereocenters. The molecule has 0 aromatic heterocycles. The highest BCUT2D eigenvalue weighted by atomic mass is 16.5. The largest absolute Gasteiger partial charge is 0.493 e. The minimum absolute atomic E-state index is 0.209. The summed E-state index contributed by atoms with van der Waals surface area (Å²) in [6.45, 7) is 1.66. The summed E-state index contributed by atoms with van der Waals surface area (Å²) in [4.78, 5) is 36.5. The zero-order valence-electron chi connectivity index (χ0n) is 17.2. The van der Waals surface area contributed by atoms with Gasteiger partial charge in [0.05, 0.1) is 26.4 Å². The first kappa shape index (κ1) is 22.7. The number of rotatable bonds is 10. The van der Waals surface area contributed by atoms with Gasteiger partial charge >= 0.3 is 11.9 Å². The summed E-state index contributed by atoms with van der Waals surface area (Å²) in [5.41, 5.74) is 1.06. The number of hydrogen-bond donors (Lipinski definition) is 1. The average Bonchev–Trinajstić information content (AvgIpc) is 2.77. The molecule has 0 saturated heterocycles. The van der Waals surface area contributed by atoms with E-state index >= 15 is 0 Å². The summed E-state index contributed by atoms with van der Waals surface area (Å²) < 4.78 is 20.4. The van der Waals surface area contributed by atoms with Crippen molar-refractivity contribution in [1.82, 2.24) is 5.32 Å². The third-order valence-electron chi connectivity index (χ3n) is 4.14. The Kier molecular flexibility index (Phi) is 8.68. The Labute approximate surface area is 175 Å². The third-order valence-corrected chi connectivity index (χ3v) is 4.14. The number of carbonyl (C=O) groups is 3. The van der Waals surface area contributed by atoms with Crippen LogP contribution in [0, 0.1) is 0 Å². The summed E-state index contributed by atoms with van der Waals surface area (Å²) in [5.74, 6) is -1.03. The molecule has 2 rings (SSSR count). The normalized spacial score (nSPS) is 11.2. The number of methoxy groups -OCH3 is 2. The quantitative estimate of drug-likeness (QED) is 0.594. The summed E-state index contributed by atoms with van der Waals surface area (Å²) in [6.07, 6.45) is 0.253. The topological polar surface area (TPSA) is 100 Å². The van der Waals surface area contributed by atoms with Crippen LogP contribution in [-0.4, -0.2) is 51.3 Å². The van der Waals surface area contributed by atoms with Crippen LogP contribution in [0.2, 0.25) is 0 Å². The Balaban J connectivity index is 1.97. The van der Waals surface area contributed by atoms with Gasteiger partial charge in [-0.3, -0.25) is 4.79 Å². The lowest BCUT2D eigenvalue weighted by atomic mass is 10.1. The van der Waals surface area contributed by atoms with E-state index in [2.05, 4.69) is 5.32 Å². The average molecular weight is 415 g/mol. The molecule has 8 heteroatoms. The molecule has 8 nitrogen and oxygen atoms in total. The molecule has 2 aromatic carbocycles. The van der Waals surface area contributed by atoms with Crippen LogP contribution in [0.4, 0.5) is 0 Å². The van der Waals surface area contributed by atoms with Crippen LogP contribution < -0.4 is 14.8 Å². The van der Waals surface area contributed by atoms with Crippen molar-refractivity contribution in [3.05, 3.63) is 59.7 Å². The van der Waals surface area contributed by atoms with E-state index in [-0.39, 0.29) is 12.0 Å². The van der Waals surface area contributed by atoms with Gasteiger partial charge in [0.2, 0.25) is 0 Å². The second-order valence-corrected chi connectivity index (χ2v) is 6.21. The van der Waals surface area contributed by atoms with Gasteiger partial charge in [0.15, 0.2) is 18.1 Å². The first-order chi connectivity index (χ1) is 14.5. The second-order valence-electron chi connectivity index (χ2n) is 6.21. The van der Waals surface area contributed by atoms with Gasteiger partial charge in [0.25, 0.3) is 5.91 Å². The van der Waals surface area contributed by atoms with Crippen LogP contribution in [0.3, 0.4) is 0 Å². The first-order valence-electron chi connectivity index (χ1n) is 9.37. The maximum absolute atomic E-state index is 12.3. The van der Waals surface area contributed by atoms with Crippen LogP contribution in [0.1, 0.15) is 22.8 Å². The van der Waals surface area contributed by atoms with Crippen molar-refractivity contribution in [2.75, 3.05) is 27.4 Å². The van der Waals surface area contributed by atoms with Gasteiger partial charge in [-0.15, -0.1) is 0 Å². The van der Waals surface area contributed by atoms with Crippen molar-refractivity contribution in [3.8, 4) is 11.5 Å². The van der Waals surface area contributed by atoms with Crippen LogP contribution in [0.25, 0.3) is 0 Å². The number of esters is 2. The summed E-state index contributed by atoms with van der Waals surface area (Å²) in [5, 5.41) is 2.54. The van der Waals surface area contributed by atoms with Gasteiger partial charge in [0, 0.05) is 6.42 Å². The first-order valence-corrected chi connectivity index (χ1v) is 9.37. The SMILES string of the molecule is CCOc1cc(C(=O)OCC(=O)N[C@@H](Cc2ccccc2)C(=O)OC)ccc1OC. The highest BCUT2D eigenvalue weighted by molar-refractivity contribution is 5.92. The Morgan fingerprint density at radius 2 is 1.73 bits per heavy atom. The molecule has 0 spiro atoms. The van der Waals surface area contributed by atoms with E-state index in [9.17, 15) is 14.4 Å². The number of ether oxygens (including phenoxy) is 4. The van der Waals surface area contributed by atoms with Crippen molar-refractivity contribution >= 4 is 17.8 Å². The van der Waals surface area contributed by atoms with E-state index < -0.39 is 30.5 Å². The molecule has 0 aliphatic heterocycles. The van der Waals surface area contributed by atoms with E-state index in [4.69, 9.17) is 18.9 Å². The minimum Gasteiger partial charge on any atom is -0.493 e. The van der Waals surface area contributed by atoms with Gasteiger partial charge in [-0.05, 0) is 30.7 Å². The van der Waals surface area contributed by atoms with Gasteiger partial charge in [-0.1, -0.05) is 30.3 Å². The molecule has 0 unspecified atom stereocenters. The fraction of sp³-hybridized carbons (Fsp3) is 0.318. The number of nitrogens with one attached hydrogen (secondary N) is 1. The molecule has 0 bridgehead atoms. The molecule has 0 heterocycles. The van der Waals surface area contributed by atoms with Crippen molar-refractivity contribution < 1.29 is 33.3 Å². The van der Waals surface area contributed by atoms with Gasteiger partial charge in [0.1, 0.15) is 6.04 Å². The molecule has 30 heavy (non-hydrogen) atoms. The highest BCUT2D eigenvalue weighted by Crippen LogP contribution is 2.28. The predicted octanol–water partition coefficient (Wildman–Crippen LogP) is 2.15. The predicted molar refractivity (Wildman–Crippen MR) is 109 cm³/mol. The molecule has 0 radical (unpaired) electrons. The number of benzene rings is 2. The minimum atomic E-state index is -0.894. The van der Waals surface area contributed by atoms with Crippen molar-refractivity contribution in [3.63, 3.8) is 0 Å². The van der Waals surface area contributed by atoms with Crippen LogP contribution in [-0.2, 0) is 25.5 Å². The van der Waals surface area contributed by atoms with Crippen molar-refractivity contribution in [2.24, 2.45) is 0 Å². The van der Waals surface area contributed by atoms with Gasteiger partial charge in [-0.25, -0.2) is 9.59 Å². The summed E-state index contributed by atoms with van der Waals surface area (Å²) >= 11 is 0. The zero-order valence-corrected chi connectivity index (χ0v) is 17.2. The highest BCUT2D eigenvalue weighted by Gasteiger charge is 2.23. The van der Waals surface area contributed by atoms with Crippen molar-refractivity contribution in [1.29, 1.82) is 0 Å². The molecule has 1 N–H and O–H groups in total. The lowest BCUT2D eigenvalue weighted by molar-refractivity contribution is -0.145. The smallest absolute Gasteiger partial charge is 0.338 e. The molecule has 160 valence electrons. The molecule has 2 aromatic rings. The fourth-order valence-electron chi connectivity index (χ4n) is 2.71. The second kappa shape index (κ2) is 11.5. The number of hydrogen-bond acceptors (Lipinski definition) is 7. The molecule has 1 amide bonds. The van der Waals surface area contributed by atoms with E-state index in [1.54, 1.807) is 6.07 Å². The van der Waals surface area contributed by atoms with E-state index in [0.29, 0.717) is 18.1 Å². The van der Waals surface area contributed by atoms with Crippen LogP contribution in [0.5, 0.6) is 11.5 Å². The van der Waals surface area contributed by atoms with Gasteiger partial charge < -0.3 is 24.3 Å². The third kappa shape index (κ3) is 6.51. The lowest BCUT2D eigenvalue weighted by Gasteiger charge is -2.16. The van der Waals surface area contributed by atoms with E-state index in [0.717, 1.165) is 5.56 Å². The molecule has 0 fully saturated rings. The fourth-order valence-corrected chi connectivity index (χ4v) is 2.71. The van der Waals surface area contributed by atoms with Crippen LogP contribution >= 0.6 is 0 Å². The molecular formula is C22H25NO7. The Hall–Kier alpha value is -3.55. The Bertz CT molecular complexity index is 867. The number of carbonyl (C=O) groups excluding carboxylic acids is 3. The van der Waals surface area contributed by atoms with E-state index in [1.165, 1.54) is 26.4 Å². The molecular weight excluding hydrogens is 390 g/mol. The van der Waals surface area contributed by atoms with E-state index in [1.807, 2.05) is 37.3 Å². The summed E-state index contributed by atoms with van der Waals surface area (Å²) in [6, 6.07) is 12.9. The Morgan fingerprint density at radius 3 is 2.37 bits per heavy atom. The number of amides is 1. The van der Waals surface area contributed by atoms with Gasteiger partial charge in [-0.2, -0.15) is 0 Å². The molecule has 0 saturated carbocycles. The monoisotopic (exact) mass is 415 g/mol. The Morgan fingerprint density at radius 1 is 1.00 bits per heavy atom. The lowest BCUT2D eigenvalue weighted by Crippen LogP contribution is -2.44. The zero-order chi connectivity index (χ0) is 21.9. The summed E-state index contributed by atoms with van der Waals surface area (Å²) in [7, 11) is 2.74. The standard InChI is InChI=1S/C22H25NO7/c1-4-29-19-13-16(10-11-18(19)27-2)21(25)30-14-20(24)23-17(22(26)28-3)12-15-8-6-5-7-9-15/h5-11,13,17H,4,12,14H2,1-3H3,(H,23,24)/t17-/m0/s1.